The van der Waals surface area contributed by atoms with Crippen LogP contribution in [-0.4, -0.2) is 31.3 Å². The van der Waals surface area contributed by atoms with Gasteiger partial charge < -0.3 is 19.8 Å². The fourth-order valence-electron chi connectivity index (χ4n) is 2.52. The van der Waals surface area contributed by atoms with Gasteiger partial charge in [0.25, 0.3) is 0 Å². The second kappa shape index (κ2) is 4.62. The minimum atomic E-state index is -0.465. The van der Waals surface area contributed by atoms with Crippen molar-refractivity contribution in [3.63, 3.8) is 0 Å². The van der Waals surface area contributed by atoms with Crippen LogP contribution in [0.1, 0.15) is 12.8 Å². The molecule has 19 heavy (non-hydrogen) atoms. The highest BCUT2D eigenvalue weighted by molar-refractivity contribution is 5.85. The Balaban J connectivity index is 1.89. The molecule has 0 amide bonds. The average molecular weight is 263 g/mol. The smallest absolute Gasteiger partial charge is 0.408 e. The summed E-state index contributed by atoms with van der Waals surface area (Å²) in [5.74, 6) is -0.465. The first kappa shape index (κ1) is 12.1. The maximum absolute atomic E-state index is 11.2. The molecule has 102 valence electrons. The van der Waals surface area contributed by atoms with Gasteiger partial charge in [0.15, 0.2) is 5.58 Å². The molecule has 3 N–H and O–H groups in total. The number of aromatic nitrogens is 1. The molecule has 1 unspecified atom stereocenters. The summed E-state index contributed by atoms with van der Waals surface area (Å²) in [6.07, 6.45) is 2.44. The first-order chi connectivity index (χ1) is 9.13. The van der Waals surface area contributed by atoms with Gasteiger partial charge in [-0.2, -0.15) is 0 Å². The number of H-pyrrole nitrogens is 1. The standard InChI is InChI=1S/C13H17N3O3/c1-16(7-8-3-2-4-18-8)11-6-10-12(5-9(11)14)19-13(17)15-10/h5-6,8H,2-4,7,14H2,1H3,(H,15,17). The van der Waals surface area contributed by atoms with Gasteiger partial charge in [-0.05, 0) is 18.9 Å². The first-order valence-electron chi connectivity index (χ1n) is 6.38. The molecular formula is C13H17N3O3. The number of nitrogens with two attached hydrogens (primary N) is 1. The second-order valence-corrected chi connectivity index (χ2v) is 4.94. The maximum Gasteiger partial charge on any atom is 0.417 e. The predicted octanol–water partition coefficient (Wildman–Crippen LogP) is 1.32. The van der Waals surface area contributed by atoms with Gasteiger partial charge in [0, 0.05) is 26.3 Å². The highest BCUT2D eigenvalue weighted by atomic mass is 16.5. The summed E-state index contributed by atoms with van der Waals surface area (Å²) in [6, 6.07) is 3.51. The molecule has 1 aliphatic heterocycles. The molecule has 1 atom stereocenters. The lowest BCUT2D eigenvalue weighted by Crippen LogP contribution is -2.29. The molecule has 6 heteroatoms. The molecule has 2 heterocycles. The molecule has 0 spiro atoms. The topological polar surface area (TPSA) is 84.5 Å². The van der Waals surface area contributed by atoms with Gasteiger partial charge >= 0.3 is 5.76 Å². The highest BCUT2D eigenvalue weighted by Crippen LogP contribution is 2.28. The number of benzene rings is 1. The third-order valence-electron chi connectivity index (χ3n) is 3.48. The van der Waals surface area contributed by atoms with Crippen LogP contribution in [0.3, 0.4) is 0 Å². The number of ether oxygens (including phenoxy) is 1. The number of hydrogen-bond acceptors (Lipinski definition) is 5. The van der Waals surface area contributed by atoms with Gasteiger partial charge in [-0.25, -0.2) is 4.79 Å². The average Bonchev–Trinajstić information content (AvgIpc) is 2.96. The molecular weight excluding hydrogens is 246 g/mol. The van der Waals surface area contributed by atoms with E-state index in [1.807, 2.05) is 13.1 Å². The van der Waals surface area contributed by atoms with E-state index in [9.17, 15) is 4.79 Å². The summed E-state index contributed by atoms with van der Waals surface area (Å²) in [7, 11) is 1.97. The van der Waals surface area contributed by atoms with Gasteiger partial charge in [0.05, 0.1) is 23.0 Å². The zero-order valence-corrected chi connectivity index (χ0v) is 10.8. The van der Waals surface area contributed by atoms with Crippen LogP contribution >= 0.6 is 0 Å². The van der Waals surface area contributed by atoms with Crippen LogP contribution in [-0.2, 0) is 4.74 Å². The van der Waals surface area contributed by atoms with Gasteiger partial charge in [0.1, 0.15) is 0 Å². The first-order valence-corrected chi connectivity index (χ1v) is 6.38. The van der Waals surface area contributed by atoms with Crippen LogP contribution in [0, 0.1) is 0 Å². The number of likely N-dealkylation sites (N-methyl/N-ethyl adjacent to an activating group) is 1. The van der Waals surface area contributed by atoms with Gasteiger partial charge in [-0.15, -0.1) is 0 Å². The molecule has 0 saturated carbocycles. The van der Waals surface area contributed by atoms with E-state index in [0.717, 1.165) is 31.7 Å². The highest BCUT2D eigenvalue weighted by Gasteiger charge is 2.19. The molecule has 0 aliphatic carbocycles. The van der Waals surface area contributed by atoms with E-state index in [4.69, 9.17) is 14.9 Å². The van der Waals surface area contributed by atoms with Crippen molar-refractivity contribution in [2.75, 3.05) is 30.8 Å². The SMILES string of the molecule is CN(CC1CCCO1)c1cc2[nH]c(=O)oc2cc1N. The minimum Gasteiger partial charge on any atom is -0.408 e. The van der Waals surface area contributed by atoms with Crippen molar-refractivity contribution in [3.8, 4) is 0 Å². The van der Waals surface area contributed by atoms with E-state index < -0.39 is 5.76 Å². The zero-order valence-electron chi connectivity index (χ0n) is 10.8. The normalized spacial score (nSPS) is 19.1. The van der Waals surface area contributed by atoms with Crippen LogP contribution < -0.4 is 16.4 Å². The minimum absolute atomic E-state index is 0.253. The molecule has 3 rings (SSSR count). The van der Waals surface area contributed by atoms with Crippen molar-refractivity contribution in [1.82, 2.24) is 4.98 Å². The number of rotatable bonds is 3. The number of oxazole rings is 1. The van der Waals surface area contributed by atoms with Crippen molar-refractivity contribution >= 4 is 22.5 Å². The van der Waals surface area contributed by atoms with Crippen LogP contribution in [0.25, 0.3) is 11.1 Å². The lowest BCUT2D eigenvalue weighted by molar-refractivity contribution is 0.116. The molecule has 6 nitrogen and oxygen atoms in total. The molecule has 1 aliphatic rings. The quantitative estimate of drug-likeness (QED) is 0.816. The number of nitrogens with one attached hydrogen (secondary N) is 1. The molecule has 2 aromatic rings. The summed E-state index contributed by atoms with van der Waals surface area (Å²) in [6.45, 7) is 1.62. The Morgan fingerprint density at radius 3 is 3.11 bits per heavy atom. The summed E-state index contributed by atoms with van der Waals surface area (Å²) in [5.41, 5.74) is 8.62. The Labute approximate surface area is 110 Å². The maximum atomic E-state index is 11.2. The van der Waals surface area contributed by atoms with Crippen LogP contribution in [0.2, 0.25) is 0 Å². The lowest BCUT2D eigenvalue weighted by atomic mass is 10.2. The zero-order chi connectivity index (χ0) is 13.4. The second-order valence-electron chi connectivity index (χ2n) is 4.94. The van der Waals surface area contributed by atoms with Crippen LogP contribution in [0.5, 0.6) is 0 Å². The van der Waals surface area contributed by atoms with E-state index in [1.54, 1.807) is 6.07 Å². The third kappa shape index (κ3) is 2.31. The summed E-state index contributed by atoms with van der Waals surface area (Å²) in [4.78, 5) is 15.9. The number of hydrogen-bond donors (Lipinski definition) is 2. The fourth-order valence-corrected chi connectivity index (χ4v) is 2.52. The molecule has 1 aromatic heterocycles. The number of nitrogen functional groups attached to an aromatic ring is 1. The number of anilines is 2. The number of nitrogens with zero attached hydrogens (tertiary/aromatic N) is 1. The van der Waals surface area contributed by atoms with E-state index >= 15 is 0 Å². The van der Waals surface area contributed by atoms with E-state index in [-0.39, 0.29) is 6.10 Å². The Bertz CT molecular complexity index is 640. The third-order valence-corrected chi connectivity index (χ3v) is 3.48. The van der Waals surface area contributed by atoms with Crippen molar-refractivity contribution in [2.45, 2.75) is 18.9 Å². The Hall–Kier alpha value is -1.95. The summed E-state index contributed by atoms with van der Waals surface area (Å²) >= 11 is 0. The van der Waals surface area contributed by atoms with E-state index in [2.05, 4.69) is 9.88 Å². The van der Waals surface area contributed by atoms with Crippen molar-refractivity contribution < 1.29 is 9.15 Å². The lowest BCUT2D eigenvalue weighted by Gasteiger charge is -2.24. The molecule has 0 radical (unpaired) electrons. The van der Waals surface area contributed by atoms with E-state index in [1.165, 1.54) is 0 Å². The van der Waals surface area contributed by atoms with Crippen LogP contribution in [0.4, 0.5) is 11.4 Å². The number of aromatic amines is 1. The van der Waals surface area contributed by atoms with Crippen LogP contribution in [0.15, 0.2) is 21.3 Å². The molecule has 1 saturated heterocycles. The molecule has 1 fully saturated rings. The van der Waals surface area contributed by atoms with Gasteiger partial charge in [0.2, 0.25) is 0 Å². The number of fused-ring (bicyclic) bond motifs is 1. The summed E-state index contributed by atoms with van der Waals surface area (Å²) < 4.78 is 10.6. The predicted molar refractivity (Wildman–Crippen MR) is 73.5 cm³/mol. The monoisotopic (exact) mass is 263 g/mol. The summed E-state index contributed by atoms with van der Waals surface area (Å²) in [5, 5.41) is 0. The fraction of sp³-hybridized carbons (Fsp3) is 0.462. The Kier molecular flexibility index (Phi) is 2.94. The molecule has 1 aromatic carbocycles. The van der Waals surface area contributed by atoms with Crippen molar-refractivity contribution in [1.29, 1.82) is 0 Å². The Morgan fingerprint density at radius 2 is 2.37 bits per heavy atom. The van der Waals surface area contributed by atoms with Crippen molar-refractivity contribution in [3.05, 3.63) is 22.7 Å². The largest absolute Gasteiger partial charge is 0.417 e. The van der Waals surface area contributed by atoms with Crippen molar-refractivity contribution in [2.24, 2.45) is 0 Å². The molecule has 0 bridgehead atoms. The Morgan fingerprint density at radius 1 is 1.53 bits per heavy atom. The van der Waals surface area contributed by atoms with Gasteiger partial charge in [-0.1, -0.05) is 0 Å². The van der Waals surface area contributed by atoms with Gasteiger partial charge in [-0.3, -0.25) is 4.98 Å². The van der Waals surface area contributed by atoms with E-state index in [0.29, 0.717) is 16.8 Å².